The van der Waals surface area contributed by atoms with Crippen LogP contribution in [0.2, 0.25) is 0 Å². The minimum atomic E-state index is 0.471. The fourth-order valence-corrected chi connectivity index (χ4v) is 2.90. The quantitative estimate of drug-likeness (QED) is 0.743. The molecule has 2 aliphatic heterocycles. The highest BCUT2D eigenvalue weighted by Gasteiger charge is 2.36. The summed E-state index contributed by atoms with van der Waals surface area (Å²) in [7, 11) is 0. The van der Waals surface area contributed by atoms with Gasteiger partial charge in [-0.25, -0.2) is 0 Å². The topological polar surface area (TPSA) is 33.3 Å². The van der Waals surface area contributed by atoms with Crippen molar-refractivity contribution in [3.8, 4) is 0 Å². The molecule has 0 aromatic heterocycles. The molecular formula is C13H26N2O. The molecule has 0 bridgehead atoms. The SMILES string of the molecule is CC(C)C1(CNCC2CCCO2)CCNC1. The van der Waals surface area contributed by atoms with Crippen molar-refractivity contribution in [3.05, 3.63) is 0 Å². The summed E-state index contributed by atoms with van der Waals surface area (Å²) in [6.07, 6.45) is 4.25. The minimum absolute atomic E-state index is 0.471. The lowest BCUT2D eigenvalue weighted by molar-refractivity contribution is 0.103. The van der Waals surface area contributed by atoms with Crippen LogP contribution in [0, 0.1) is 11.3 Å². The van der Waals surface area contributed by atoms with Crippen LogP contribution < -0.4 is 10.6 Å². The van der Waals surface area contributed by atoms with Gasteiger partial charge in [0.05, 0.1) is 6.10 Å². The predicted molar refractivity (Wildman–Crippen MR) is 66.6 cm³/mol. The third-order valence-corrected chi connectivity index (χ3v) is 4.37. The van der Waals surface area contributed by atoms with Crippen molar-refractivity contribution in [2.75, 3.05) is 32.8 Å². The summed E-state index contributed by atoms with van der Waals surface area (Å²) in [5.41, 5.74) is 0.471. The van der Waals surface area contributed by atoms with E-state index in [1.54, 1.807) is 0 Å². The first kappa shape index (κ1) is 12.3. The zero-order chi connectivity index (χ0) is 11.4. The van der Waals surface area contributed by atoms with Crippen molar-refractivity contribution in [1.29, 1.82) is 0 Å². The molecule has 0 saturated carbocycles. The molecule has 0 spiro atoms. The van der Waals surface area contributed by atoms with Crippen LogP contribution in [0.1, 0.15) is 33.1 Å². The summed E-state index contributed by atoms with van der Waals surface area (Å²) in [6, 6.07) is 0. The first-order chi connectivity index (χ1) is 7.73. The van der Waals surface area contributed by atoms with Crippen LogP contribution in [0.5, 0.6) is 0 Å². The third-order valence-electron chi connectivity index (χ3n) is 4.37. The Labute approximate surface area is 99.3 Å². The Balaban J connectivity index is 1.73. The first-order valence-corrected chi connectivity index (χ1v) is 6.76. The van der Waals surface area contributed by atoms with Crippen molar-refractivity contribution in [2.45, 2.75) is 39.2 Å². The molecule has 94 valence electrons. The molecule has 3 nitrogen and oxygen atoms in total. The normalized spacial score (nSPS) is 35.1. The lowest BCUT2D eigenvalue weighted by Gasteiger charge is -2.33. The molecule has 2 aliphatic rings. The summed E-state index contributed by atoms with van der Waals surface area (Å²) in [4.78, 5) is 0. The van der Waals surface area contributed by atoms with E-state index in [-0.39, 0.29) is 0 Å². The number of hydrogen-bond donors (Lipinski definition) is 2. The van der Waals surface area contributed by atoms with Gasteiger partial charge >= 0.3 is 0 Å². The van der Waals surface area contributed by atoms with E-state index in [1.807, 2.05) is 0 Å². The van der Waals surface area contributed by atoms with E-state index >= 15 is 0 Å². The van der Waals surface area contributed by atoms with Gasteiger partial charge in [0.25, 0.3) is 0 Å². The van der Waals surface area contributed by atoms with Gasteiger partial charge in [-0.1, -0.05) is 13.8 Å². The van der Waals surface area contributed by atoms with Gasteiger partial charge in [-0.05, 0) is 37.1 Å². The van der Waals surface area contributed by atoms with Crippen molar-refractivity contribution in [2.24, 2.45) is 11.3 Å². The average molecular weight is 226 g/mol. The fraction of sp³-hybridized carbons (Fsp3) is 1.00. The lowest BCUT2D eigenvalue weighted by atomic mass is 9.76. The molecular weight excluding hydrogens is 200 g/mol. The van der Waals surface area contributed by atoms with E-state index in [0.717, 1.165) is 25.6 Å². The summed E-state index contributed by atoms with van der Waals surface area (Å²) < 4.78 is 5.63. The summed E-state index contributed by atoms with van der Waals surface area (Å²) >= 11 is 0. The van der Waals surface area contributed by atoms with E-state index in [9.17, 15) is 0 Å². The van der Waals surface area contributed by atoms with Crippen molar-refractivity contribution in [3.63, 3.8) is 0 Å². The maximum Gasteiger partial charge on any atom is 0.0700 e. The Kier molecular flexibility index (Phi) is 4.22. The molecule has 2 heterocycles. The molecule has 16 heavy (non-hydrogen) atoms. The Bertz CT molecular complexity index is 206. The van der Waals surface area contributed by atoms with Gasteiger partial charge < -0.3 is 15.4 Å². The van der Waals surface area contributed by atoms with Gasteiger partial charge in [-0.3, -0.25) is 0 Å². The molecule has 0 aliphatic carbocycles. The van der Waals surface area contributed by atoms with Gasteiger partial charge in [-0.2, -0.15) is 0 Å². The van der Waals surface area contributed by atoms with Gasteiger partial charge in [-0.15, -0.1) is 0 Å². The third kappa shape index (κ3) is 2.76. The summed E-state index contributed by atoms with van der Waals surface area (Å²) in [5.74, 6) is 0.750. The zero-order valence-corrected chi connectivity index (χ0v) is 10.7. The number of rotatable bonds is 5. The molecule has 2 rings (SSSR count). The van der Waals surface area contributed by atoms with Crippen LogP contribution in [-0.4, -0.2) is 38.9 Å². The largest absolute Gasteiger partial charge is 0.377 e. The maximum atomic E-state index is 5.63. The molecule has 0 amide bonds. The minimum Gasteiger partial charge on any atom is -0.377 e. The second kappa shape index (κ2) is 5.48. The standard InChI is InChI=1S/C13H26N2O/c1-11(2)13(5-6-14-9-13)10-15-8-12-4-3-7-16-12/h11-12,14-15H,3-10H2,1-2H3. The predicted octanol–water partition coefficient (Wildman–Crippen LogP) is 1.39. The van der Waals surface area contributed by atoms with Crippen LogP contribution in [0.15, 0.2) is 0 Å². The number of ether oxygens (including phenoxy) is 1. The average Bonchev–Trinajstić information content (AvgIpc) is 2.88. The Hall–Kier alpha value is -0.120. The second-order valence-electron chi connectivity index (χ2n) is 5.71. The second-order valence-corrected chi connectivity index (χ2v) is 5.71. The van der Waals surface area contributed by atoms with Crippen LogP contribution >= 0.6 is 0 Å². The number of hydrogen-bond acceptors (Lipinski definition) is 3. The van der Waals surface area contributed by atoms with Gasteiger partial charge in [0.1, 0.15) is 0 Å². The maximum absolute atomic E-state index is 5.63. The highest BCUT2D eigenvalue weighted by Crippen LogP contribution is 2.33. The van der Waals surface area contributed by atoms with Crippen LogP contribution in [-0.2, 0) is 4.74 Å². The van der Waals surface area contributed by atoms with Gasteiger partial charge in [0, 0.05) is 26.2 Å². The monoisotopic (exact) mass is 226 g/mol. The molecule has 2 fully saturated rings. The van der Waals surface area contributed by atoms with Crippen LogP contribution in [0.4, 0.5) is 0 Å². The van der Waals surface area contributed by atoms with E-state index in [1.165, 1.54) is 32.4 Å². The van der Waals surface area contributed by atoms with Crippen molar-refractivity contribution in [1.82, 2.24) is 10.6 Å². The molecule has 2 N–H and O–H groups in total. The Morgan fingerprint density at radius 1 is 1.50 bits per heavy atom. The molecule has 3 heteroatoms. The van der Waals surface area contributed by atoms with E-state index in [2.05, 4.69) is 24.5 Å². The Morgan fingerprint density at radius 3 is 2.94 bits per heavy atom. The molecule has 0 aromatic carbocycles. The lowest BCUT2D eigenvalue weighted by Crippen LogP contribution is -2.42. The molecule has 2 unspecified atom stereocenters. The van der Waals surface area contributed by atoms with Crippen LogP contribution in [0.25, 0.3) is 0 Å². The molecule has 0 radical (unpaired) electrons. The summed E-state index contributed by atoms with van der Waals surface area (Å²) in [5, 5.41) is 7.13. The van der Waals surface area contributed by atoms with E-state index in [4.69, 9.17) is 4.74 Å². The highest BCUT2D eigenvalue weighted by molar-refractivity contribution is 4.92. The van der Waals surface area contributed by atoms with E-state index in [0.29, 0.717) is 11.5 Å². The molecule has 2 saturated heterocycles. The highest BCUT2D eigenvalue weighted by atomic mass is 16.5. The fourth-order valence-electron chi connectivity index (χ4n) is 2.90. The van der Waals surface area contributed by atoms with Gasteiger partial charge in [0.15, 0.2) is 0 Å². The first-order valence-electron chi connectivity index (χ1n) is 6.76. The van der Waals surface area contributed by atoms with Crippen molar-refractivity contribution < 1.29 is 4.74 Å². The van der Waals surface area contributed by atoms with Crippen LogP contribution in [0.3, 0.4) is 0 Å². The van der Waals surface area contributed by atoms with Gasteiger partial charge in [0.2, 0.25) is 0 Å². The molecule has 2 atom stereocenters. The molecule has 0 aromatic rings. The summed E-state index contributed by atoms with van der Waals surface area (Å²) in [6.45, 7) is 10.2. The smallest absolute Gasteiger partial charge is 0.0700 e. The Morgan fingerprint density at radius 2 is 2.38 bits per heavy atom. The number of nitrogens with one attached hydrogen (secondary N) is 2. The van der Waals surface area contributed by atoms with E-state index < -0.39 is 0 Å². The van der Waals surface area contributed by atoms with Crippen molar-refractivity contribution >= 4 is 0 Å². The zero-order valence-electron chi connectivity index (χ0n) is 10.7.